The van der Waals surface area contributed by atoms with Crippen LogP contribution in [0.25, 0.3) is 22.2 Å². The van der Waals surface area contributed by atoms with E-state index in [1.54, 1.807) is 0 Å². The molecule has 2 aliphatic heterocycles. The lowest BCUT2D eigenvalue weighted by Gasteiger charge is -2.42. The molecule has 0 radical (unpaired) electrons. The van der Waals surface area contributed by atoms with Gasteiger partial charge in [-0.15, -0.1) is 0 Å². The molecule has 2 aliphatic rings. The Morgan fingerprint density at radius 2 is 0.778 bits per heavy atom. The van der Waals surface area contributed by atoms with Crippen molar-refractivity contribution in [1.29, 1.82) is 0 Å². The minimum Gasteiger partial charge on any atom is -0.436 e. The molecule has 6 aromatic rings. The molecule has 0 unspecified atom stereocenters. The summed E-state index contributed by atoms with van der Waals surface area (Å²) in [5.41, 5.74) is 4.23. The zero-order chi connectivity index (χ0) is 23.7. The van der Waals surface area contributed by atoms with Gasteiger partial charge in [-0.2, -0.15) is 0 Å². The SMILES string of the molecule is c1ccc2c(c1)NC(c1nc3ccccc3o1)(C1(c3nc4ccccc4o3)Nc3ccccc3N1)N2. The molecular formula is C28H20N6O2. The average Bonchev–Trinajstić information content (AvgIpc) is 3.69. The first-order valence-corrected chi connectivity index (χ1v) is 11.8. The van der Waals surface area contributed by atoms with E-state index in [4.69, 9.17) is 18.8 Å². The second-order valence-corrected chi connectivity index (χ2v) is 9.06. The van der Waals surface area contributed by atoms with Gasteiger partial charge in [0.05, 0.1) is 22.7 Å². The Bertz CT molecular complexity index is 1540. The first-order chi connectivity index (χ1) is 17.7. The summed E-state index contributed by atoms with van der Waals surface area (Å²) < 4.78 is 12.9. The van der Waals surface area contributed by atoms with E-state index in [2.05, 4.69) is 21.3 Å². The highest BCUT2D eigenvalue weighted by atomic mass is 16.4. The molecule has 0 saturated carbocycles. The average molecular weight is 473 g/mol. The van der Waals surface area contributed by atoms with Gasteiger partial charge in [-0.25, -0.2) is 9.97 Å². The molecule has 2 aromatic heterocycles. The smallest absolute Gasteiger partial charge is 0.247 e. The van der Waals surface area contributed by atoms with Gasteiger partial charge in [0.25, 0.3) is 0 Å². The van der Waals surface area contributed by atoms with E-state index in [0.29, 0.717) is 22.9 Å². The van der Waals surface area contributed by atoms with E-state index in [-0.39, 0.29) is 0 Å². The number of nitrogens with one attached hydrogen (secondary N) is 4. The van der Waals surface area contributed by atoms with Crippen molar-refractivity contribution in [3.8, 4) is 0 Å². The van der Waals surface area contributed by atoms with Crippen molar-refractivity contribution in [3.05, 3.63) is 109 Å². The van der Waals surface area contributed by atoms with E-state index in [1.165, 1.54) is 0 Å². The van der Waals surface area contributed by atoms with Crippen molar-refractivity contribution in [1.82, 2.24) is 9.97 Å². The highest BCUT2D eigenvalue weighted by Crippen LogP contribution is 2.54. The Morgan fingerprint density at radius 3 is 1.14 bits per heavy atom. The number of fused-ring (bicyclic) bond motifs is 4. The van der Waals surface area contributed by atoms with Crippen molar-refractivity contribution in [2.24, 2.45) is 0 Å². The van der Waals surface area contributed by atoms with Crippen LogP contribution in [0, 0.1) is 0 Å². The third kappa shape index (κ3) is 2.47. The largest absolute Gasteiger partial charge is 0.436 e. The van der Waals surface area contributed by atoms with Crippen LogP contribution in [-0.4, -0.2) is 9.97 Å². The highest BCUT2D eigenvalue weighted by molar-refractivity contribution is 5.85. The normalized spacial score (nSPS) is 16.6. The van der Waals surface area contributed by atoms with Gasteiger partial charge in [-0.3, -0.25) is 0 Å². The zero-order valence-corrected chi connectivity index (χ0v) is 18.9. The summed E-state index contributed by atoms with van der Waals surface area (Å²) in [5, 5.41) is 14.8. The second-order valence-electron chi connectivity index (χ2n) is 9.06. The number of aromatic nitrogens is 2. The number of nitrogens with zero attached hydrogens (tertiary/aromatic N) is 2. The Kier molecular flexibility index (Phi) is 3.65. The van der Waals surface area contributed by atoms with Crippen LogP contribution in [-0.2, 0) is 11.3 Å². The molecule has 0 amide bonds. The van der Waals surface area contributed by atoms with Crippen LogP contribution in [0.15, 0.2) is 106 Å². The van der Waals surface area contributed by atoms with Gasteiger partial charge in [-0.05, 0) is 48.5 Å². The number of anilines is 4. The van der Waals surface area contributed by atoms with Crippen LogP contribution in [0.3, 0.4) is 0 Å². The maximum atomic E-state index is 6.43. The predicted molar refractivity (Wildman–Crippen MR) is 139 cm³/mol. The van der Waals surface area contributed by atoms with E-state index in [9.17, 15) is 0 Å². The van der Waals surface area contributed by atoms with Gasteiger partial charge in [0.15, 0.2) is 11.2 Å². The molecule has 0 atom stereocenters. The zero-order valence-electron chi connectivity index (χ0n) is 18.9. The topological polar surface area (TPSA) is 100 Å². The van der Waals surface area contributed by atoms with Crippen molar-refractivity contribution in [3.63, 3.8) is 0 Å². The predicted octanol–water partition coefficient (Wildman–Crippen LogP) is 6.05. The van der Waals surface area contributed by atoms with Crippen LogP contribution in [0.2, 0.25) is 0 Å². The van der Waals surface area contributed by atoms with Crippen LogP contribution < -0.4 is 21.3 Å². The minimum atomic E-state index is -1.16. The van der Waals surface area contributed by atoms with Crippen LogP contribution in [0.5, 0.6) is 0 Å². The van der Waals surface area contributed by atoms with E-state index >= 15 is 0 Å². The van der Waals surface area contributed by atoms with Crippen LogP contribution in [0.4, 0.5) is 22.7 Å². The van der Waals surface area contributed by atoms with Gasteiger partial charge in [0.2, 0.25) is 23.1 Å². The summed E-state index contributed by atoms with van der Waals surface area (Å²) in [6.45, 7) is 0. The number of benzene rings is 4. The van der Waals surface area contributed by atoms with E-state index in [1.807, 2.05) is 97.1 Å². The summed E-state index contributed by atoms with van der Waals surface area (Å²) in [4.78, 5) is 9.88. The lowest BCUT2D eigenvalue weighted by atomic mass is 9.92. The number of hydrogen-bond donors (Lipinski definition) is 4. The Balaban J connectivity index is 1.44. The van der Waals surface area contributed by atoms with Crippen molar-refractivity contribution in [2.45, 2.75) is 11.3 Å². The lowest BCUT2D eigenvalue weighted by Crippen LogP contribution is -2.63. The maximum Gasteiger partial charge on any atom is 0.247 e. The number of para-hydroxylation sites is 8. The van der Waals surface area contributed by atoms with Crippen LogP contribution >= 0.6 is 0 Å². The summed E-state index contributed by atoms with van der Waals surface area (Å²) in [5.74, 6) is 0.880. The standard InChI is InChI=1S/C28H20N6O2/c1-2-10-18-17(9-1)31-27(32-18,25-29-21-13-5-7-15-23(21)35-25)28(33-19-11-3-4-12-20(19)34-28)26-30-22-14-6-8-16-24(22)36-26/h1-16,31-34H. The lowest BCUT2D eigenvalue weighted by molar-refractivity contribution is 0.254. The molecule has 0 saturated heterocycles. The third-order valence-corrected chi connectivity index (χ3v) is 6.93. The van der Waals surface area contributed by atoms with Gasteiger partial charge in [0.1, 0.15) is 11.0 Å². The molecule has 4 N–H and O–H groups in total. The van der Waals surface area contributed by atoms with Gasteiger partial charge in [0, 0.05) is 0 Å². The van der Waals surface area contributed by atoms with Crippen LogP contribution in [0.1, 0.15) is 11.8 Å². The van der Waals surface area contributed by atoms with Crippen molar-refractivity contribution < 1.29 is 8.83 Å². The van der Waals surface area contributed by atoms with E-state index < -0.39 is 11.3 Å². The first-order valence-electron chi connectivity index (χ1n) is 11.8. The fourth-order valence-corrected chi connectivity index (χ4v) is 5.25. The molecular weight excluding hydrogens is 452 g/mol. The summed E-state index contributed by atoms with van der Waals surface area (Å²) in [7, 11) is 0. The molecule has 174 valence electrons. The van der Waals surface area contributed by atoms with E-state index in [0.717, 1.165) is 33.8 Å². The Morgan fingerprint density at radius 1 is 0.444 bits per heavy atom. The Labute approximate surface area is 205 Å². The molecule has 0 bridgehead atoms. The fourth-order valence-electron chi connectivity index (χ4n) is 5.25. The molecule has 4 heterocycles. The fraction of sp³-hybridized carbons (Fsp3) is 0.0714. The molecule has 0 spiro atoms. The summed E-state index contributed by atoms with van der Waals surface area (Å²) in [6, 6.07) is 31.5. The van der Waals surface area contributed by atoms with Gasteiger partial charge >= 0.3 is 0 Å². The molecule has 36 heavy (non-hydrogen) atoms. The Hall–Kier alpha value is -4.98. The third-order valence-electron chi connectivity index (χ3n) is 6.93. The molecule has 8 nitrogen and oxygen atoms in total. The first kappa shape index (κ1) is 19.3. The maximum absolute atomic E-state index is 6.43. The quantitative estimate of drug-likeness (QED) is 0.247. The number of hydrogen-bond acceptors (Lipinski definition) is 8. The van der Waals surface area contributed by atoms with Crippen molar-refractivity contribution in [2.75, 3.05) is 21.3 Å². The number of rotatable bonds is 3. The number of oxazole rings is 2. The molecule has 0 aliphatic carbocycles. The van der Waals surface area contributed by atoms with Crippen molar-refractivity contribution >= 4 is 44.9 Å². The molecule has 8 heteroatoms. The summed E-state index contributed by atoms with van der Waals surface area (Å²) in [6.07, 6.45) is 0. The molecule has 4 aromatic carbocycles. The molecule has 0 fully saturated rings. The highest BCUT2D eigenvalue weighted by Gasteiger charge is 2.65. The second kappa shape index (κ2) is 6.79. The monoisotopic (exact) mass is 472 g/mol. The van der Waals surface area contributed by atoms with Gasteiger partial charge in [-0.1, -0.05) is 48.5 Å². The van der Waals surface area contributed by atoms with Gasteiger partial charge < -0.3 is 30.1 Å². The summed E-state index contributed by atoms with van der Waals surface area (Å²) >= 11 is 0. The minimum absolute atomic E-state index is 0.440. The molecule has 8 rings (SSSR count).